The minimum absolute atomic E-state index is 0.0375. The third-order valence-corrected chi connectivity index (χ3v) is 8.81. The molecule has 0 bridgehead atoms. The zero-order chi connectivity index (χ0) is 26.9. The minimum Gasteiger partial charge on any atom is -0.465 e. The van der Waals surface area contributed by atoms with E-state index in [0.717, 1.165) is 47.3 Å². The van der Waals surface area contributed by atoms with Crippen molar-refractivity contribution in [3.8, 4) is 0 Å². The van der Waals surface area contributed by atoms with Crippen LogP contribution >= 0.6 is 23.5 Å². The Hall–Kier alpha value is -1.99. The van der Waals surface area contributed by atoms with Crippen molar-refractivity contribution < 1.29 is 19.1 Å². The molecule has 0 radical (unpaired) electrons. The summed E-state index contributed by atoms with van der Waals surface area (Å²) in [6, 6.07) is 0. The van der Waals surface area contributed by atoms with Crippen molar-refractivity contribution in [3.63, 3.8) is 0 Å². The molecule has 1 aliphatic carbocycles. The van der Waals surface area contributed by atoms with Gasteiger partial charge in [-0.15, -0.1) is 23.5 Å². The molecule has 0 aromatic heterocycles. The number of thioether (sulfide) groups is 2. The predicted molar refractivity (Wildman–Crippen MR) is 155 cm³/mol. The molecule has 4 nitrogen and oxygen atoms in total. The van der Waals surface area contributed by atoms with E-state index < -0.39 is 5.83 Å². The number of esters is 1. The van der Waals surface area contributed by atoms with E-state index in [-0.39, 0.29) is 23.1 Å². The van der Waals surface area contributed by atoms with Crippen LogP contribution in [0.25, 0.3) is 0 Å². The maximum absolute atomic E-state index is 13.4. The summed E-state index contributed by atoms with van der Waals surface area (Å²) in [5, 5.41) is 13.1. The third kappa shape index (κ3) is 10.2. The molecule has 1 aliphatic heterocycles. The average molecular weight is 536 g/mol. The SMILES string of the molecule is C=C/C=C\CCC(C)CSC1=C2/C(=N/O)CC(/C=C/C=C(/F)C=C)CC2C(C(=O)OCCC)S1.CC. The van der Waals surface area contributed by atoms with E-state index in [4.69, 9.17) is 4.74 Å². The highest BCUT2D eigenvalue weighted by atomic mass is 32.2. The summed E-state index contributed by atoms with van der Waals surface area (Å²) in [6.07, 6.45) is 16.1. The normalized spacial score (nSPS) is 24.0. The Balaban J connectivity index is 0.00000316. The molecular weight excluding hydrogens is 493 g/mol. The highest BCUT2D eigenvalue weighted by molar-refractivity contribution is 8.23. The summed E-state index contributed by atoms with van der Waals surface area (Å²) in [6.45, 7) is 15.7. The largest absolute Gasteiger partial charge is 0.465 e. The zero-order valence-electron chi connectivity index (χ0n) is 22.1. The van der Waals surface area contributed by atoms with Gasteiger partial charge in [-0.2, -0.15) is 0 Å². The van der Waals surface area contributed by atoms with E-state index in [1.54, 1.807) is 35.7 Å². The zero-order valence-corrected chi connectivity index (χ0v) is 23.8. The lowest BCUT2D eigenvalue weighted by Gasteiger charge is -2.30. The molecule has 0 saturated heterocycles. The number of carbonyl (C=O) groups is 1. The molecule has 0 amide bonds. The quantitative estimate of drug-likeness (QED) is 0.111. The van der Waals surface area contributed by atoms with E-state index in [1.165, 1.54) is 6.08 Å². The molecule has 1 fully saturated rings. The molecule has 1 N–H and O–H groups in total. The van der Waals surface area contributed by atoms with Crippen molar-refractivity contribution in [2.45, 2.75) is 65.0 Å². The molecule has 4 atom stereocenters. The summed E-state index contributed by atoms with van der Waals surface area (Å²) in [4.78, 5) is 12.9. The van der Waals surface area contributed by atoms with Crippen LogP contribution in [0.4, 0.5) is 4.39 Å². The van der Waals surface area contributed by atoms with Crippen molar-refractivity contribution in [1.29, 1.82) is 0 Å². The first kappa shape index (κ1) is 32.0. The molecule has 2 rings (SSSR count). The fourth-order valence-corrected chi connectivity index (χ4v) is 7.02. The van der Waals surface area contributed by atoms with Gasteiger partial charge in [0.15, 0.2) is 0 Å². The van der Waals surface area contributed by atoms with Gasteiger partial charge < -0.3 is 9.94 Å². The number of hydrogen-bond acceptors (Lipinski definition) is 6. The third-order valence-electron chi connectivity index (χ3n) is 5.75. The number of hydrogen-bond donors (Lipinski definition) is 1. The van der Waals surface area contributed by atoms with Crippen LogP contribution < -0.4 is 0 Å². The lowest BCUT2D eigenvalue weighted by atomic mass is 9.75. The van der Waals surface area contributed by atoms with E-state index in [1.807, 2.05) is 32.9 Å². The lowest BCUT2D eigenvalue weighted by molar-refractivity contribution is -0.143. The molecule has 1 heterocycles. The first-order valence-corrected chi connectivity index (χ1v) is 14.7. The standard InChI is InChI=1S/C27H36FNO3S2.C2H6/c1-5-8-9-10-12-19(4)18-33-27-24-22(25(34-27)26(30)32-15-6-2)16-20(17-23(24)29-31)13-11-14-21(28)7-3;1-2/h5,7-9,11,13-14,19-20,22,25,31H,1,3,6,10,12,15-18H2,2,4H3;1-2H3/b9-8-,13-11+,21-14+,29-23+;. The van der Waals surface area contributed by atoms with Gasteiger partial charge in [0.2, 0.25) is 0 Å². The molecule has 0 aromatic carbocycles. The second kappa shape index (κ2) is 18.3. The second-order valence-corrected chi connectivity index (χ2v) is 11.0. The van der Waals surface area contributed by atoms with E-state index in [0.29, 0.717) is 24.7 Å². The molecular formula is C29H42FNO3S2. The second-order valence-electron chi connectivity index (χ2n) is 8.56. The van der Waals surface area contributed by atoms with Crippen molar-refractivity contribution in [1.82, 2.24) is 0 Å². The van der Waals surface area contributed by atoms with Crippen LogP contribution in [-0.2, 0) is 9.53 Å². The van der Waals surface area contributed by atoms with Crippen LogP contribution in [0, 0.1) is 17.8 Å². The lowest BCUT2D eigenvalue weighted by Crippen LogP contribution is -2.34. The molecule has 0 spiro atoms. The van der Waals surface area contributed by atoms with E-state index >= 15 is 0 Å². The van der Waals surface area contributed by atoms with Crippen molar-refractivity contribution >= 4 is 35.2 Å². The molecule has 0 aromatic rings. The van der Waals surface area contributed by atoms with Gasteiger partial charge in [0.25, 0.3) is 0 Å². The Morgan fingerprint density at radius 2 is 2.11 bits per heavy atom. The van der Waals surface area contributed by atoms with Crippen LogP contribution in [0.15, 0.2) is 76.5 Å². The number of carbonyl (C=O) groups excluding carboxylic acids is 1. The minimum atomic E-state index is -0.408. The Bertz CT molecular complexity index is 876. The number of allylic oxidation sites excluding steroid dienone is 9. The Morgan fingerprint density at radius 3 is 2.75 bits per heavy atom. The molecule has 200 valence electrons. The predicted octanol–water partition coefficient (Wildman–Crippen LogP) is 8.64. The fraction of sp³-hybridized carbons (Fsp3) is 0.517. The molecule has 7 heteroatoms. The Labute approximate surface area is 225 Å². The number of oxime groups is 1. The summed E-state index contributed by atoms with van der Waals surface area (Å²) in [7, 11) is 0. The van der Waals surface area contributed by atoms with Crippen LogP contribution in [0.1, 0.15) is 59.8 Å². The monoisotopic (exact) mass is 535 g/mol. The Kier molecular flexibility index (Phi) is 16.3. The number of rotatable bonds is 13. The van der Waals surface area contributed by atoms with Crippen LogP contribution in [0.2, 0.25) is 0 Å². The van der Waals surface area contributed by atoms with Crippen molar-refractivity contribution in [2.24, 2.45) is 22.9 Å². The maximum Gasteiger partial charge on any atom is 0.320 e. The number of halogens is 1. The van der Waals surface area contributed by atoms with Gasteiger partial charge >= 0.3 is 5.97 Å². The topological polar surface area (TPSA) is 58.9 Å². The van der Waals surface area contributed by atoms with Gasteiger partial charge in [-0.25, -0.2) is 4.39 Å². The van der Waals surface area contributed by atoms with Crippen LogP contribution in [-0.4, -0.2) is 34.5 Å². The number of nitrogens with zero attached hydrogens (tertiary/aromatic N) is 1. The molecule has 1 saturated carbocycles. The number of ether oxygens (including phenoxy) is 1. The van der Waals surface area contributed by atoms with Gasteiger partial charge in [-0.3, -0.25) is 4.79 Å². The Morgan fingerprint density at radius 1 is 1.36 bits per heavy atom. The van der Waals surface area contributed by atoms with E-state index in [2.05, 4.69) is 31.3 Å². The van der Waals surface area contributed by atoms with Gasteiger partial charge in [0.05, 0.1) is 12.3 Å². The summed E-state index contributed by atoms with van der Waals surface area (Å²) in [5.41, 5.74) is 1.59. The summed E-state index contributed by atoms with van der Waals surface area (Å²) in [5.74, 6) is 0.741. The van der Waals surface area contributed by atoms with Crippen LogP contribution in [0.3, 0.4) is 0 Å². The number of fused-ring (bicyclic) bond motifs is 1. The van der Waals surface area contributed by atoms with Crippen LogP contribution in [0.5, 0.6) is 0 Å². The van der Waals surface area contributed by atoms with Gasteiger partial charge in [0.1, 0.15) is 11.1 Å². The molecule has 36 heavy (non-hydrogen) atoms. The van der Waals surface area contributed by atoms with Gasteiger partial charge in [-0.05, 0) is 56.1 Å². The van der Waals surface area contributed by atoms with Crippen molar-refractivity contribution in [3.05, 3.63) is 71.3 Å². The van der Waals surface area contributed by atoms with E-state index in [9.17, 15) is 14.4 Å². The fourth-order valence-electron chi connectivity index (χ4n) is 4.00. The smallest absolute Gasteiger partial charge is 0.320 e. The average Bonchev–Trinajstić information content (AvgIpc) is 3.27. The summed E-state index contributed by atoms with van der Waals surface area (Å²) >= 11 is 3.28. The molecule has 2 aliphatic rings. The highest BCUT2D eigenvalue weighted by Crippen LogP contribution is 2.53. The first-order chi connectivity index (χ1) is 17.4. The molecule has 4 unspecified atom stereocenters. The van der Waals surface area contributed by atoms with Gasteiger partial charge in [0, 0.05) is 21.5 Å². The van der Waals surface area contributed by atoms with Gasteiger partial charge in [-0.1, -0.05) is 76.4 Å². The maximum atomic E-state index is 13.4. The van der Waals surface area contributed by atoms with Crippen molar-refractivity contribution in [2.75, 3.05) is 12.4 Å². The highest BCUT2D eigenvalue weighted by Gasteiger charge is 2.46. The first-order valence-electron chi connectivity index (χ1n) is 12.8. The summed E-state index contributed by atoms with van der Waals surface area (Å²) < 4.78 is 20.0.